The number of benzene rings is 1. The summed E-state index contributed by atoms with van der Waals surface area (Å²) < 4.78 is 5.45. The molecule has 0 radical (unpaired) electrons. The maximum atomic E-state index is 10.4. The Morgan fingerprint density at radius 1 is 1.17 bits per heavy atom. The molecule has 2 saturated heterocycles. The third-order valence-electron chi connectivity index (χ3n) is 5.18. The van der Waals surface area contributed by atoms with Gasteiger partial charge in [-0.05, 0) is 44.2 Å². The van der Waals surface area contributed by atoms with E-state index in [-0.39, 0.29) is 0 Å². The van der Waals surface area contributed by atoms with Gasteiger partial charge in [0, 0.05) is 44.0 Å². The summed E-state index contributed by atoms with van der Waals surface area (Å²) in [5.74, 6) is 0.495. The Hall–Kier alpha value is -1.10. The van der Waals surface area contributed by atoms with Crippen molar-refractivity contribution in [3.63, 3.8) is 0 Å². The van der Waals surface area contributed by atoms with Crippen LogP contribution in [0.2, 0.25) is 0 Å². The third-order valence-corrected chi connectivity index (χ3v) is 5.18. The zero-order valence-electron chi connectivity index (χ0n) is 14.3. The van der Waals surface area contributed by atoms with Gasteiger partial charge in [0.15, 0.2) is 0 Å². The number of para-hydroxylation sites is 1. The highest BCUT2D eigenvalue weighted by molar-refractivity contribution is 5.40. The van der Waals surface area contributed by atoms with Crippen LogP contribution in [0.4, 0.5) is 0 Å². The zero-order chi connectivity index (χ0) is 16.1. The number of aromatic hydroxyl groups is 1. The molecule has 1 atom stereocenters. The number of ether oxygens (including phenoxy) is 1. The molecule has 1 aromatic rings. The van der Waals surface area contributed by atoms with Crippen molar-refractivity contribution in [1.82, 2.24) is 10.2 Å². The number of aryl methyl sites for hydroxylation is 1. The van der Waals surface area contributed by atoms with Gasteiger partial charge in [-0.2, -0.15) is 0 Å². The SMILES string of the molecule is CCc1cccc(CN2CCCC(NC3CCOCC3)C2)c1O. The molecule has 1 aromatic carbocycles. The zero-order valence-corrected chi connectivity index (χ0v) is 14.3. The maximum absolute atomic E-state index is 10.4. The molecule has 4 nitrogen and oxygen atoms in total. The number of piperidine rings is 1. The van der Waals surface area contributed by atoms with Crippen LogP contribution in [0.1, 0.15) is 43.7 Å². The van der Waals surface area contributed by atoms with E-state index in [4.69, 9.17) is 4.74 Å². The average Bonchev–Trinajstić information content (AvgIpc) is 2.58. The molecule has 0 amide bonds. The van der Waals surface area contributed by atoms with Crippen molar-refractivity contribution in [3.8, 4) is 5.75 Å². The van der Waals surface area contributed by atoms with E-state index in [2.05, 4.69) is 29.3 Å². The van der Waals surface area contributed by atoms with Crippen molar-refractivity contribution in [2.45, 2.75) is 57.7 Å². The van der Waals surface area contributed by atoms with Crippen LogP contribution >= 0.6 is 0 Å². The van der Waals surface area contributed by atoms with E-state index in [1.54, 1.807) is 0 Å². The molecule has 0 aromatic heterocycles. The number of hydrogen-bond acceptors (Lipinski definition) is 4. The largest absolute Gasteiger partial charge is 0.507 e. The van der Waals surface area contributed by atoms with Gasteiger partial charge in [0.25, 0.3) is 0 Å². The van der Waals surface area contributed by atoms with E-state index in [0.717, 1.165) is 63.2 Å². The molecule has 2 fully saturated rings. The van der Waals surface area contributed by atoms with Crippen LogP contribution in [0, 0.1) is 0 Å². The van der Waals surface area contributed by atoms with Crippen molar-refractivity contribution in [1.29, 1.82) is 0 Å². The van der Waals surface area contributed by atoms with Gasteiger partial charge in [-0.3, -0.25) is 4.90 Å². The molecular formula is C19H30N2O2. The predicted octanol–water partition coefficient (Wildman–Crippen LogP) is 2.69. The molecule has 2 heterocycles. The summed E-state index contributed by atoms with van der Waals surface area (Å²) in [5.41, 5.74) is 2.12. The molecule has 128 valence electrons. The number of rotatable bonds is 5. The van der Waals surface area contributed by atoms with Gasteiger partial charge >= 0.3 is 0 Å². The van der Waals surface area contributed by atoms with E-state index in [9.17, 15) is 5.11 Å². The molecule has 0 spiro atoms. The Bertz CT molecular complexity index is 500. The van der Waals surface area contributed by atoms with Crippen LogP contribution in [0.3, 0.4) is 0 Å². The molecule has 3 rings (SSSR count). The summed E-state index contributed by atoms with van der Waals surface area (Å²) in [6.07, 6.45) is 5.64. The van der Waals surface area contributed by atoms with Crippen molar-refractivity contribution in [3.05, 3.63) is 29.3 Å². The van der Waals surface area contributed by atoms with Crippen LogP contribution in [0.5, 0.6) is 5.75 Å². The number of nitrogens with one attached hydrogen (secondary N) is 1. The first-order chi connectivity index (χ1) is 11.3. The first-order valence-electron chi connectivity index (χ1n) is 9.12. The second-order valence-corrected chi connectivity index (χ2v) is 6.91. The quantitative estimate of drug-likeness (QED) is 0.876. The standard InChI is InChI=1S/C19H30N2O2/c1-2-15-5-3-6-16(19(15)22)13-21-10-4-7-18(14-21)20-17-8-11-23-12-9-17/h3,5-6,17-18,20,22H,2,4,7-14H2,1H3. The van der Waals surface area contributed by atoms with E-state index in [1.165, 1.54) is 12.8 Å². The van der Waals surface area contributed by atoms with Gasteiger partial charge < -0.3 is 15.2 Å². The second kappa shape index (κ2) is 8.13. The first-order valence-corrected chi connectivity index (χ1v) is 9.12. The molecule has 0 aliphatic carbocycles. The van der Waals surface area contributed by atoms with Gasteiger partial charge in [-0.15, -0.1) is 0 Å². The van der Waals surface area contributed by atoms with Crippen molar-refractivity contribution in [2.75, 3.05) is 26.3 Å². The lowest BCUT2D eigenvalue weighted by Crippen LogP contribution is -2.50. The summed E-state index contributed by atoms with van der Waals surface area (Å²) in [6.45, 7) is 6.94. The number of likely N-dealkylation sites (tertiary alicyclic amines) is 1. The van der Waals surface area contributed by atoms with Crippen LogP contribution in [-0.2, 0) is 17.7 Å². The summed E-state index contributed by atoms with van der Waals surface area (Å²) in [6, 6.07) is 7.33. The number of phenolic OH excluding ortho intramolecular Hbond substituents is 1. The smallest absolute Gasteiger partial charge is 0.123 e. The lowest BCUT2D eigenvalue weighted by atomic mass is 10.0. The summed E-state index contributed by atoms with van der Waals surface area (Å²) in [4.78, 5) is 2.48. The Morgan fingerprint density at radius 3 is 2.74 bits per heavy atom. The minimum atomic E-state index is 0.495. The second-order valence-electron chi connectivity index (χ2n) is 6.91. The minimum Gasteiger partial charge on any atom is -0.507 e. The summed E-state index contributed by atoms with van der Waals surface area (Å²) in [7, 11) is 0. The Balaban J connectivity index is 1.56. The van der Waals surface area contributed by atoms with E-state index in [0.29, 0.717) is 17.8 Å². The van der Waals surface area contributed by atoms with Gasteiger partial charge in [-0.1, -0.05) is 25.1 Å². The lowest BCUT2D eigenvalue weighted by molar-refractivity contribution is 0.0690. The van der Waals surface area contributed by atoms with E-state index < -0.39 is 0 Å². The third kappa shape index (κ3) is 4.46. The molecule has 2 N–H and O–H groups in total. The van der Waals surface area contributed by atoms with Crippen molar-refractivity contribution >= 4 is 0 Å². The van der Waals surface area contributed by atoms with Crippen LogP contribution in [0.25, 0.3) is 0 Å². The summed E-state index contributed by atoms with van der Waals surface area (Å²) >= 11 is 0. The topological polar surface area (TPSA) is 44.7 Å². The number of hydrogen-bond donors (Lipinski definition) is 2. The Labute approximate surface area is 139 Å². The molecule has 4 heteroatoms. The fraction of sp³-hybridized carbons (Fsp3) is 0.684. The normalized spacial score (nSPS) is 24.0. The fourth-order valence-electron chi connectivity index (χ4n) is 3.83. The number of nitrogens with zero attached hydrogens (tertiary/aromatic N) is 1. The van der Waals surface area contributed by atoms with Gasteiger partial charge in [0.05, 0.1) is 0 Å². The Morgan fingerprint density at radius 2 is 1.96 bits per heavy atom. The van der Waals surface area contributed by atoms with Gasteiger partial charge in [0.1, 0.15) is 5.75 Å². The van der Waals surface area contributed by atoms with E-state index >= 15 is 0 Å². The van der Waals surface area contributed by atoms with Crippen LogP contribution < -0.4 is 5.32 Å². The minimum absolute atomic E-state index is 0.495. The molecule has 2 aliphatic rings. The van der Waals surface area contributed by atoms with Crippen LogP contribution in [-0.4, -0.2) is 48.4 Å². The van der Waals surface area contributed by atoms with Crippen molar-refractivity contribution < 1.29 is 9.84 Å². The highest BCUT2D eigenvalue weighted by Gasteiger charge is 2.24. The molecular weight excluding hydrogens is 288 g/mol. The first kappa shape index (κ1) is 16.7. The summed E-state index contributed by atoms with van der Waals surface area (Å²) in [5, 5.41) is 14.2. The van der Waals surface area contributed by atoms with Crippen LogP contribution in [0.15, 0.2) is 18.2 Å². The molecule has 1 unspecified atom stereocenters. The number of phenols is 1. The van der Waals surface area contributed by atoms with Gasteiger partial charge in [-0.25, -0.2) is 0 Å². The highest BCUT2D eigenvalue weighted by atomic mass is 16.5. The molecule has 2 aliphatic heterocycles. The van der Waals surface area contributed by atoms with E-state index in [1.807, 2.05) is 6.07 Å². The van der Waals surface area contributed by atoms with Gasteiger partial charge in [0.2, 0.25) is 0 Å². The molecule has 0 bridgehead atoms. The monoisotopic (exact) mass is 318 g/mol. The molecule has 0 saturated carbocycles. The maximum Gasteiger partial charge on any atom is 0.123 e. The average molecular weight is 318 g/mol. The lowest BCUT2D eigenvalue weighted by Gasteiger charge is -2.36. The predicted molar refractivity (Wildman–Crippen MR) is 92.8 cm³/mol. The highest BCUT2D eigenvalue weighted by Crippen LogP contribution is 2.25. The molecule has 23 heavy (non-hydrogen) atoms. The fourth-order valence-corrected chi connectivity index (χ4v) is 3.83. The van der Waals surface area contributed by atoms with Crippen molar-refractivity contribution in [2.24, 2.45) is 0 Å². The Kier molecular flexibility index (Phi) is 5.92.